The fourth-order valence-electron chi connectivity index (χ4n) is 3.46. The van der Waals surface area contributed by atoms with E-state index in [9.17, 15) is 9.59 Å². The fraction of sp³-hybridized carbons (Fsp3) is 0.348. The minimum atomic E-state index is -0.0955. The maximum atomic E-state index is 12.8. The van der Waals surface area contributed by atoms with Crippen LogP contribution in [0.5, 0.6) is 0 Å². The largest absolute Gasteiger partial charge is 0.356 e. The molecule has 2 N–H and O–H groups in total. The Hall–Kier alpha value is -3.15. The highest BCUT2D eigenvalue weighted by Gasteiger charge is 2.15. The summed E-state index contributed by atoms with van der Waals surface area (Å²) < 4.78 is 1.93. The summed E-state index contributed by atoms with van der Waals surface area (Å²) in [6, 6.07) is 13.7. The van der Waals surface area contributed by atoms with Gasteiger partial charge < -0.3 is 15.2 Å². The number of benzene rings is 2. The molecule has 1 aromatic heterocycles. The average molecular weight is 393 g/mol. The van der Waals surface area contributed by atoms with Gasteiger partial charge >= 0.3 is 0 Å². The monoisotopic (exact) mass is 392 g/mol. The van der Waals surface area contributed by atoms with Crippen LogP contribution in [0.3, 0.4) is 0 Å². The van der Waals surface area contributed by atoms with Crippen LogP contribution in [0.25, 0.3) is 11.0 Å². The first-order chi connectivity index (χ1) is 14.0. The Morgan fingerprint density at radius 2 is 1.72 bits per heavy atom. The van der Waals surface area contributed by atoms with E-state index in [1.165, 1.54) is 0 Å². The molecular formula is C23H28N4O2. The van der Waals surface area contributed by atoms with Crippen molar-refractivity contribution in [3.8, 4) is 0 Å². The molecule has 0 saturated carbocycles. The SMILES string of the molecule is CCCC(=O)NCCc1nc2ccccc2n1CC(=O)Nc1c(C)cccc1C. The Morgan fingerprint density at radius 1 is 1.00 bits per heavy atom. The second-order valence-electron chi connectivity index (χ2n) is 7.27. The first-order valence-electron chi connectivity index (χ1n) is 10.1. The van der Waals surface area contributed by atoms with Gasteiger partial charge in [0.15, 0.2) is 0 Å². The molecule has 0 aliphatic rings. The minimum Gasteiger partial charge on any atom is -0.356 e. The number of anilines is 1. The molecule has 0 unspecified atom stereocenters. The second kappa shape index (κ2) is 9.37. The number of fused-ring (bicyclic) bond motifs is 1. The van der Waals surface area contributed by atoms with Crippen molar-refractivity contribution in [2.24, 2.45) is 0 Å². The van der Waals surface area contributed by atoms with Gasteiger partial charge in [0.1, 0.15) is 12.4 Å². The molecule has 2 aromatic carbocycles. The predicted molar refractivity (Wildman–Crippen MR) is 116 cm³/mol. The molecule has 0 spiro atoms. The molecule has 2 amide bonds. The van der Waals surface area contributed by atoms with Crippen molar-refractivity contribution in [2.75, 3.05) is 11.9 Å². The van der Waals surface area contributed by atoms with Crippen molar-refractivity contribution in [1.29, 1.82) is 0 Å². The van der Waals surface area contributed by atoms with Crippen molar-refractivity contribution in [3.63, 3.8) is 0 Å². The van der Waals surface area contributed by atoms with Gasteiger partial charge in [0.2, 0.25) is 11.8 Å². The lowest BCUT2D eigenvalue weighted by molar-refractivity contribution is -0.121. The number of aromatic nitrogens is 2. The zero-order valence-corrected chi connectivity index (χ0v) is 17.3. The molecule has 29 heavy (non-hydrogen) atoms. The molecule has 0 atom stereocenters. The zero-order chi connectivity index (χ0) is 20.8. The molecule has 6 heteroatoms. The zero-order valence-electron chi connectivity index (χ0n) is 17.3. The molecule has 152 valence electrons. The van der Waals surface area contributed by atoms with Crippen LogP contribution in [0.2, 0.25) is 0 Å². The van der Waals surface area contributed by atoms with Crippen LogP contribution >= 0.6 is 0 Å². The molecule has 0 aliphatic heterocycles. The number of carbonyl (C=O) groups excluding carboxylic acids is 2. The molecule has 0 fully saturated rings. The summed E-state index contributed by atoms with van der Waals surface area (Å²) in [5.41, 5.74) is 4.69. The first kappa shape index (κ1) is 20.6. The van der Waals surface area contributed by atoms with Crippen LogP contribution in [-0.2, 0) is 22.6 Å². The molecule has 0 bridgehead atoms. The van der Waals surface area contributed by atoms with E-state index in [-0.39, 0.29) is 18.4 Å². The van der Waals surface area contributed by atoms with Crippen LogP contribution in [0, 0.1) is 13.8 Å². The van der Waals surface area contributed by atoms with E-state index in [2.05, 4.69) is 15.6 Å². The van der Waals surface area contributed by atoms with Crippen molar-refractivity contribution in [1.82, 2.24) is 14.9 Å². The Morgan fingerprint density at radius 3 is 2.45 bits per heavy atom. The molecule has 0 aliphatic carbocycles. The molecular weight excluding hydrogens is 364 g/mol. The number of rotatable bonds is 8. The van der Waals surface area contributed by atoms with Gasteiger partial charge in [-0.2, -0.15) is 0 Å². The molecule has 0 radical (unpaired) electrons. The number of hydrogen-bond acceptors (Lipinski definition) is 3. The van der Waals surface area contributed by atoms with Gasteiger partial charge in [0, 0.05) is 25.1 Å². The predicted octanol–water partition coefficient (Wildman–Crippen LogP) is 3.75. The molecule has 3 aromatic rings. The van der Waals surface area contributed by atoms with Gasteiger partial charge in [0.25, 0.3) is 0 Å². The Balaban J connectivity index is 1.78. The number of nitrogens with zero attached hydrogens (tertiary/aromatic N) is 2. The van der Waals surface area contributed by atoms with E-state index in [0.717, 1.165) is 40.1 Å². The maximum absolute atomic E-state index is 12.8. The van der Waals surface area contributed by atoms with Gasteiger partial charge in [-0.1, -0.05) is 37.3 Å². The fourth-order valence-corrected chi connectivity index (χ4v) is 3.46. The highest BCUT2D eigenvalue weighted by Crippen LogP contribution is 2.21. The van der Waals surface area contributed by atoms with Gasteiger partial charge in [-0.05, 0) is 43.5 Å². The Kier molecular flexibility index (Phi) is 6.65. The van der Waals surface area contributed by atoms with Crippen molar-refractivity contribution >= 4 is 28.5 Å². The van der Waals surface area contributed by atoms with Gasteiger partial charge in [0.05, 0.1) is 11.0 Å². The Labute approximate surface area is 171 Å². The van der Waals surface area contributed by atoms with E-state index in [4.69, 9.17) is 0 Å². The van der Waals surface area contributed by atoms with Crippen LogP contribution in [0.15, 0.2) is 42.5 Å². The lowest BCUT2D eigenvalue weighted by atomic mass is 10.1. The topological polar surface area (TPSA) is 76.0 Å². The lowest BCUT2D eigenvalue weighted by Crippen LogP contribution is -2.27. The number of hydrogen-bond donors (Lipinski definition) is 2. The third-order valence-corrected chi connectivity index (χ3v) is 4.93. The van der Waals surface area contributed by atoms with Crippen molar-refractivity contribution in [2.45, 2.75) is 46.6 Å². The average Bonchev–Trinajstić information content (AvgIpc) is 3.02. The van der Waals surface area contributed by atoms with E-state index in [0.29, 0.717) is 19.4 Å². The van der Waals surface area contributed by atoms with Crippen LogP contribution in [0.4, 0.5) is 5.69 Å². The first-order valence-corrected chi connectivity index (χ1v) is 10.1. The summed E-state index contributed by atoms with van der Waals surface area (Å²) in [4.78, 5) is 29.2. The maximum Gasteiger partial charge on any atom is 0.244 e. The van der Waals surface area contributed by atoms with E-state index >= 15 is 0 Å². The van der Waals surface area contributed by atoms with E-state index in [1.807, 2.05) is 67.8 Å². The molecule has 3 rings (SSSR count). The van der Waals surface area contributed by atoms with E-state index < -0.39 is 0 Å². The highest BCUT2D eigenvalue weighted by atomic mass is 16.2. The third kappa shape index (κ3) is 5.02. The van der Waals surface area contributed by atoms with Gasteiger partial charge in [-0.3, -0.25) is 9.59 Å². The molecule has 6 nitrogen and oxygen atoms in total. The standard InChI is InChI=1S/C23H28N4O2/c1-4-8-21(28)24-14-13-20-25-18-11-5-6-12-19(18)27(20)15-22(29)26-23-16(2)9-7-10-17(23)3/h5-7,9-12H,4,8,13-15H2,1-3H3,(H,24,28)(H,26,29). The Bertz CT molecular complexity index is 1000. The normalized spacial score (nSPS) is 10.9. The molecule has 1 heterocycles. The smallest absolute Gasteiger partial charge is 0.244 e. The number of para-hydroxylation sites is 3. The number of aryl methyl sites for hydroxylation is 2. The summed E-state index contributed by atoms with van der Waals surface area (Å²) in [7, 11) is 0. The van der Waals surface area contributed by atoms with Crippen LogP contribution in [0.1, 0.15) is 36.7 Å². The van der Waals surface area contributed by atoms with Crippen molar-refractivity contribution in [3.05, 3.63) is 59.4 Å². The number of nitrogens with one attached hydrogen (secondary N) is 2. The summed E-state index contributed by atoms with van der Waals surface area (Å²) >= 11 is 0. The lowest BCUT2D eigenvalue weighted by Gasteiger charge is -2.13. The number of amides is 2. The minimum absolute atomic E-state index is 0.0444. The summed E-state index contributed by atoms with van der Waals surface area (Å²) in [5.74, 6) is 0.740. The summed E-state index contributed by atoms with van der Waals surface area (Å²) in [5, 5.41) is 5.96. The third-order valence-electron chi connectivity index (χ3n) is 4.93. The molecule has 0 saturated heterocycles. The number of imidazole rings is 1. The van der Waals surface area contributed by atoms with Gasteiger partial charge in [-0.15, -0.1) is 0 Å². The van der Waals surface area contributed by atoms with E-state index in [1.54, 1.807) is 0 Å². The number of carbonyl (C=O) groups is 2. The van der Waals surface area contributed by atoms with Crippen LogP contribution < -0.4 is 10.6 Å². The van der Waals surface area contributed by atoms with Crippen molar-refractivity contribution < 1.29 is 9.59 Å². The van der Waals surface area contributed by atoms with Crippen LogP contribution in [-0.4, -0.2) is 27.9 Å². The second-order valence-corrected chi connectivity index (χ2v) is 7.27. The summed E-state index contributed by atoms with van der Waals surface area (Å²) in [6.07, 6.45) is 1.91. The van der Waals surface area contributed by atoms with Gasteiger partial charge in [-0.25, -0.2) is 4.98 Å². The quantitative estimate of drug-likeness (QED) is 0.613. The highest BCUT2D eigenvalue weighted by molar-refractivity contribution is 5.93. The summed E-state index contributed by atoms with van der Waals surface area (Å²) in [6.45, 7) is 6.63.